The summed E-state index contributed by atoms with van der Waals surface area (Å²) in [4.78, 5) is 8.34. The molecule has 1 aromatic carbocycles. The number of nitrogen functional groups attached to an aromatic ring is 1. The van der Waals surface area contributed by atoms with Crippen molar-refractivity contribution in [2.24, 2.45) is 0 Å². The Labute approximate surface area is 124 Å². The highest BCUT2D eigenvalue weighted by molar-refractivity contribution is 7.89. The lowest BCUT2D eigenvalue weighted by atomic mass is 10.1. The van der Waals surface area contributed by atoms with Gasteiger partial charge in [-0.2, -0.15) is 0 Å². The van der Waals surface area contributed by atoms with Crippen LogP contribution in [0.15, 0.2) is 29.4 Å². The van der Waals surface area contributed by atoms with Gasteiger partial charge in [0, 0.05) is 11.9 Å². The third-order valence-electron chi connectivity index (χ3n) is 3.27. The van der Waals surface area contributed by atoms with E-state index < -0.39 is 10.0 Å². The molecule has 0 aliphatic carbocycles. The minimum atomic E-state index is -3.63. The van der Waals surface area contributed by atoms with Gasteiger partial charge in [-0.05, 0) is 44.0 Å². The zero-order valence-electron chi connectivity index (χ0n) is 12.2. The van der Waals surface area contributed by atoms with E-state index in [9.17, 15) is 8.42 Å². The molecule has 0 radical (unpaired) electrons. The topological polar surface area (TPSA) is 98.0 Å². The molecule has 112 valence electrons. The van der Waals surface area contributed by atoms with Crippen molar-refractivity contribution < 1.29 is 8.42 Å². The number of rotatable bonds is 4. The van der Waals surface area contributed by atoms with Crippen LogP contribution in [0.1, 0.15) is 22.5 Å². The Bertz CT molecular complexity index is 732. The molecule has 0 aliphatic heterocycles. The van der Waals surface area contributed by atoms with Crippen molar-refractivity contribution in [1.82, 2.24) is 14.7 Å². The molecule has 0 atom stereocenters. The fourth-order valence-electron chi connectivity index (χ4n) is 1.77. The Morgan fingerprint density at radius 3 is 2.43 bits per heavy atom. The standard InChI is InChI=1S/C14H18N4O2S/c1-9-4-13(5-14(15)11(9)3)21(19,20)18-8-12-7-16-10(2)6-17-12/h4-7,18H,8,15H2,1-3H3. The summed E-state index contributed by atoms with van der Waals surface area (Å²) in [5.74, 6) is 0. The monoisotopic (exact) mass is 306 g/mol. The Morgan fingerprint density at radius 2 is 1.86 bits per heavy atom. The maximum absolute atomic E-state index is 12.3. The van der Waals surface area contributed by atoms with E-state index in [-0.39, 0.29) is 11.4 Å². The number of anilines is 1. The predicted octanol–water partition coefficient (Wildman–Crippen LogP) is 1.46. The maximum atomic E-state index is 12.3. The van der Waals surface area contributed by atoms with Crippen LogP contribution in [0.5, 0.6) is 0 Å². The SMILES string of the molecule is Cc1cnc(CNS(=O)(=O)c2cc(C)c(C)c(N)c2)cn1. The van der Waals surface area contributed by atoms with Crippen LogP contribution in [0.2, 0.25) is 0 Å². The summed E-state index contributed by atoms with van der Waals surface area (Å²) in [6, 6.07) is 3.07. The fourth-order valence-corrected chi connectivity index (χ4v) is 2.89. The summed E-state index contributed by atoms with van der Waals surface area (Å²) in [5, 5.41) is 0. The summed E-state index contributed by atoms with van der Waals surface area (Å²) in [6.45, 7) is 5.59. The molecule has 2 rings (SSSR count). The Balaban J connectivity index is 2.20. The first kappa shape index (κ1) is 15.4. The molecular weight excluding hydrogens is 288 g/mol. The van der Waals surface area contributed by atoms with Crippen LogP contribution in [0.3, 0.4) is 0 Å². The number of benzene rings is 1. The number of sulfonamides is 1. The highest BCUT2D eigenvalue weighted by atomic mass is 32.2. The zero-order valence-corrected chi connectivity index (χ0v) is 13.0. The number of aryl methyl sites for hydroxylation is 2. The van der Waals surface area contributed by atoms with Crippen molar-refractivity contribution in [2.75, 3.05) is 5.73 Å². The van der Waals surface area contributed by atoms with E-state index in [0.29, 0.717) is 11.4 Å². The van der Waals surface area contributed by atoms with Crippen molar-refractivity contribution >= 4 is 15.7 Å². The first-order valence-corrected chi connectivity index (χ1v) is 7.92. The number of nitrogens with one attached hydrogen (secondary N) is 1. The summed E-state index contributed by atoms with van der Waals surface area (Å²) in [5.41, 5.74) is 9.35. The smallest absolute Gasteiger partial charge is 0.241 e. The highest BCUT2D eigenvalue weighted by Gasteiger charge is 2.16. The second-order valence-corrected chi connectivity index (χ2v) is 6.70. The molecular formula is C14H18N4O2S. The molecule has 0 bridgehead atoms. The van der Waals surface area contributed by atoms with E-state index in [1.54, 1.807) is 18.5 Å². The molecule has 0 saturated carbocycles. The first-order valence-electron chi connectivity index (χ1n) is 6.43. The molecule has 1 aromatic heterocycles. The summed E-state index contributed by atoms with van der Waals surface area (Å²) in [7, 11) is -3.63. The van der Waals surface area contributed by atoms with Crippen molar-refractivity contribution in [2.45, 2.75) is 32.2 Å². The number of aromatic nitrogens is 2. The third-order valence-corrected chi connectivity index (χ3v) is 4.65. The summed E-state index contributed by atoms with van der Waals surface area (Å²) < 4.78 is 27.0. The molecule has 0 aliphatic rings. The molecule has 0 saturated heterocycles. The number of nitrogens with zero attached hydrogens (tertiary/aromatic N) is 2. The van der Waals surface area contributed by atoms with E-state index in [2.05, 4.69) is 14.7 Å². The lowest BCUT2D eigenvalue weighted by Crippen LogP contribution is -2.24. The molecule has 6 nitrogen and oxygen atoms in total. The van der Waals surface area contributed by atoms with E-state index in [0.717, 1.165) is 16.8 Å². The van der Waals surface area contributed by atoms with Gasteiger partial charge in [0.15, 0.2) is 0 Å². The van der Waals surface area contributed by atoms with Crippen LogP contribution in [0.25, 0.3) is 0 Å². The van der Waals surface area contributed by atoms with Gasteiger partial charge in [-0.3, -0.25) is 9.97 Å². The molecule has 0 unspecified atom stereocenters. The van der Waals surface area contributed by atoms with Crippen molar-refractivity contribution in [3.63, 3.8) is 0 Å². The molecule has 1 heterocycles. The van der Waals surface area contributed by atoms with E-state index in [4.69, 9.17) is 5.73 Å². The fraction of sp³-hybridized carbons (Fsp3) is 0.286. The van der Waals surface area contributed by atoms with Gasteiger partial charge >= 0.3 is 0 Å². The van der Waals surface area contributed by atoms with Gasteiger partial charge in [0.1, 0.15) is 0 Å². The maximum Gasteiger partial charge on any atom is 0.241 e. The molecule has 7 heteroatoms. The minimum Gasteiger partial charge on any atom is -0.398 e. The van der Waals surface area contributed by atoms with Gasteiger partial charge in [-0.15, -0.1) is 0 Å². The summed E-state index contributed by atoms with van der Waals surface area (Å²) >= 11 is 0. The van der Waals surface area contributed by atoms with Crippen molar-refractivity contribution in [3.8, 4) is 0 Å². The lowest BCUT2D eigenvalue weighted by molar-refractivity contribution is 0.580. The lowest BCUT2D eigenvalue weighted by Gasteiger charge is -2.10. The van der Waals surface area contributed by atoms with Crippen molar-refractivity contribution in [1.29, 1.82) is 0 Å². The van der Waals surface area contributed by atoms with Crippen LogP contribution in [-0.4, -0.2) is 18.4 Å². The van der Waals surface area contributed by atoms with Crippen LogP contribution >= 0.6 is 0 Å². The third kappa shape index (κ3) is 3.56. The Morgan fingerprint density at radius 1 is 1.14 bits per heavy atom. The number of hydrogen-bond donors (Lipinski definition) is 2. The average Bonchev–Trinajstić information content (AvgIpc) is 2.43. The van der Waals surface area contributed by atoms with Gasteiger partial charge in [0.05, 0.1) is 29.0 Å². The molecule has 0 fully saturated rings. The highest BCUT2D eigenvalue weighted by Crippen LogP contribution is 2.21. The van der Waals surface area contributed by atoms with E-state index in [1.165, 1.54) is 6.07 Å². The van der Waals surface area contributed by atoms with Crippen molar-refractivity contribution in [3.05, 3.63) is 47.0 Å². The van der Waals surface area contributed by atoms with Gasteiger partial charge in [0.25, 0.3) is 0 Å². The molecule has 0 spiro atoms. The van der Waals surface area contributed by atoms with E-state index >= 15 is 0 Å². The van der Waals surface area contributed by atoms with Crippen LogP contribution in [0, 0.1) is 20.8 Å². The van der Waals surface area contributed by atoms with Gasteiger partial charge < -0.3 is 5.73 Å². The Kier molecular flexibility index (Phi) is 4.24. The largest absolute Gasteiger partial charge is 0.398 e. The minimum absolute atomic E-state index is 0.0858. The first-order chi connectivity index (χ1) is 9.79. The van der Waals surface area contributed by atoms with Gasteiger partial charge in [-0.25, -0.2) is 13.1 Å². The second-order valence-electron chi connectivity index (χ2n) is 4.93. The number of nitrogens with two attached hydrogens (primary N) is 1. The zero-order chi connectivity index (χ0) is 15.6. The van der Waals surface area contributed by atoms with E-state index in [1.807, 2.05) is 20.8 Å². The summed E-state index contributed by atoms with van der Waals surface area (Å²) in [6.07, 6.45) is 3.14. The second kappa shape index (κ2) is 5.79. The quantitative estimate of drug-likeness (QED) is 0.833. The van der Waals surface area contributed by atoms with Crippen LogP contribution < -0.4 is 10.5 Å². The average molecular weight is 306 g/mol. The molecule has 2 aromatic rings. The molecule has 21 heavy (non-hydrogen) atoms. The van der Waals surface area contributed by atoms with Crippen LogP contribution in [-0.2, 0) is 16.6 Å². The Hall–Kier alpha value is -1.99. The molecule has 0 amide bonds. The molecule has 3 N–H and O–H groups in total. The van der Waals surface area contributed by atoms with Gasteiger partial charge in [0.2, 0.25) is 10.0 Å². The predicted molar refractivity (Wildman–Crippen MR) is 81.1 cm³/mol. The number of hydrogen-bond acceptors (Lipinski definition) is 5. The van der Waals surface area contributed by atoms with Crippen LogP contribution in [0.4, 0.5) is 5.69 Å². The normalized spacial score (nSPS) is 11.6. The van der Waals surface area contributed by atoms with Gasteiger partial charge in [-0.1, -0.05) is 0 Å².